The van der Waals surface area contributed by atoms with Crippen LogP contribution in [0.15, 0.2) is 60.7 Å². The number of para-hydroxylation sites is 2. The number of unbranched alkanes of at least 4 members (excludes halogenated alkanes) is 15. The van der Waals surface area contributed by atoms with E-state index in [1.165, 1.54) is 63.8 Å². The molecule has 1 N–H and O–H groups in total. The number of hydrogen-bond donors (Lipinski definition) is 1. The first-order chi connectivity index (χ1) is 35.0. The van der Waals surface area contributed by atoms with Gasteiger partial charge in [-0.15, -0.1) is 0 Å². The number of amides is 1. The van der Waals surface area contributed by atoms with Gasteiger partial charge in [0.15, 0.2) is 17.3 Å². The Kier molecular flexibility index (Phi) is 30.8. The fraction of sp³-hybridized carbons (Fsp3) is 0.686. The van der Waals surface area contributed by atoms with E-state index >= 15 is 4.57 Å². The molecule has 1 heterocycles. The molecule has 420 valence electrons. The summed E-state index contributed by atoms with van der Waals surface area (Å²) in [6.07, 6.45) is 8.82. The first-order valence-corrected chi connectivity index (χ1v) is 29.6. The van der Waals surface area contributed by atoms with Crippen LogP contribution in [-0.2, 0) is 47.1 Å². The molecule has 1 aliphatic rings. The molecule has 1 fully saturated rings. The van der Waals surface area contributed by atoms with Gasteiger partial charge in [0.2, 0.25) is 7.59 Å². The molecule has 0 bridgehead atoms. The minimum Gasteiger partial charge on any atom is -0.462 e. The normalized spacial score (nSPS) is 18.7. The number of nitrogens with one attached hydrogen (secondary N) is 1. The number of hydrogen-bond acceptors (Lipinski definition) is 14. The number of alkyl halides is 7. The average Bonchev–Trinajstić information content (AvgIpc) is 3.32. The lowest BCUT2D eigenvalue weighted by atomic mass is 9.97. The molecule has 0 radical (unpaired) electrons. The second-order valence-electron chi connectivity index (χ2n) is 18.5. The van der Waals surface area contributed by atoms with E-state index in [0.717, 1.165) is 70.6 Å². The molecule has 15 nitrogen and oxygen atoms in total. The molecular formula is C51H73Cl7NO14P. The summed E-state index contributed by atoms with van der Waals surface area (Å²) in [5, 5.41) is 2.46. The Balaban J connectivity index is 2.04. The van der Waals surface area contributed by atoms with Crippen LogP contribution < -0.4 is 14.4 Å². The molecule has 2 aromatic carbocycles. The third-order valence-corrected chi connectivity index (χ3v) is 15.1. The SMILES string of the molecule is CCCCCCCCCCC[C@H](CC(=O)O[C@H]1[C@H](OP(=O)(Oc2ccccc2)Oc2ccccc2)[C@@H](COC(=O)OC(C)(C)C(Cl)(Cl)Cl)OC(Cl)[C@@H]1NC(=O)OCC(Cl)(Cl)Cl)OC(=O)CCCCCCCCCC. The van der Waals surface area contributed by atoms with Crippen LogP contribution in [0.4, 0.5) is 9.59 Å². The molecule has 1 saturated heterocycles. The monoisotopic (exact) mass is 1200 g/mol. The van der Waals surface area contributed by atoms with Crippen LogP contribution in [-0.4, -0.2) is 86.6 Å². The lowest BCUT2D eigenvalue weighted by molar-refractivity contribution is -0.196. The fourth-order valence-corrected chi connectivity index (χ4v) is 9.62. The van der Waals surface area contributed by atoms with Crippen molar-refractivity contribution in [2.75, 3.05) is 13.2 Å². The number of alkyl carbamates (subject to hydrolysis) is 1. The first kappa shape index (κ1) is 66.0. The summed E-state index contributed by atoms with van der Waals surface area (Å²) >= 11 is 42.6. The number of ether oxygens (including phenoxy) is 6. The number of carbonyl (C=O) groups excluding carboxylic acids is 4. The molecule has 0 saturated carbocycles. The van der Waals surface area contributed by atoms with Crippen LogP contribution in [0.2, 0.25) is 0 Å². The van der Waals surface area contributed by atoms with Gasteiger partial charge in [-0.05, 0) is 57.4 Å². The van der Waals surface area contributed by atoms with Gasteiger partial charge in [-0.2, -0.15) is 0 Å². The molecule has 0 spiro atoms. The minimum atomic E-state index is -4.97. The molecule has 1 unspecified atom stereocenters. The molecule has 0 aromatic heterocycles. The Morgan fingerprint density at radius 3 is 1.68 bits per heavy atom. The van der Waals surface area contributed by atoms with E-state index in [2.05, 4.69) is 19.2 Å². The number of rotatable bonds is 34. The summed E-state index contributed by atoms with van der Waals surface area (Å²) in [7, 11) is -4.97. The smallest absolute Gasteiger partial charge is 0.462 e. The van der Waals surface area contributed by atoms with E-state index in [1.54, 1.807) is 36.4 Å². The number of carbonyl (C=O) groups is 4. The Morgan fingerprint density at radius 1 is 0.676 bits per heavy atom. The van der Waals surface area contributed by atoms with E-state index < -0.39 is 101 Å². The molecule has 0 aliphatic carbocycles. The summed E-state index contributed by atoms with van der Waals surface area (Å²) in [6.45, 7) is 5.45. The van der Waals surface area contributed by atoms with Gasteiger partial charge in [0.1, 0.15) is 49.1 Å². The van der Waals surface area contributed by atoms with E-state index in [4.69, 9.17) is 123 Å². The lowest BCUT2D eigenvalue weighted by Crippen LogP contribution is -2.65. The Hall–Kier alpha value is -2.30. The average molecular weight is 1200 g/mol. The van der Waals surface area contributed by atoms with Crippen LogP contribution in [0.25, 0.3) is 0 Å². The molecule has 1 amide bonds. The van der Waals surface area contributed by atoms with E-state index in [0.29, 0.717) is 19.3 Å². The predicted molar refractivity (Wildman–Crippen MR) is 290 cm³/mol. The molecule has 6 atom stereocenters. The number of esters is 2. The molecule has 3 rings (SSSR count). The van der Waals surface area contributed by atoms with Crippen molar-refractivity contribution in [1.82, 2.24) is 5.32 Å². The van der Waals surface area contributed by atoms with Gasteiger partial charge in [0.25, 0.3) is 0 Å². The van der Waals surface area contributed by atoms with E-state index in [1.807, 2.05) is 0 Å². The number of halogens is 7. The van der Waals surface area contributed by atoms with Gasteiger partial charge in [-0.1, -0.05) is 228 Å². The highest BCUT2D eigenvalue weighted by molar-refractivity contribution is 7.49. The van der Waals surface area contributed by atoms with Crippen molar-refractivity contribution in [1.29, 1.82) is 0 Å². The summed E-state index contributed by atoms with van der Waals surface area (Å²) in [5.41, 5.74) is -3.38. The summed E-state index contributed by atoms with van der Waals surface area (Å²) in [4.78, 5) is 54.4. The van der Waals surface area contributed by atoms with Gasteiger partial charge >= 0.3 is 32.0 Å². The van der Waals surface area contributed by atoms with Crippen LogP contribution >= 0.6 is 89.0 Å². The van der Waals surface area contributed by atoms with Crippen molar-refractivity contribution < 1.29 is 65.7 Å². The number of phosphoric acid groups is 1. The zero-order chi connectivity index (χ0) is 54.6. The third-order valence-electron chi connectivity index (χ3n) is 11.7. The lowest BCUT2D eigenvalue weighted by Gasteiger charge is -2.44. The predicted octanol–water partition coefficient (Wildman–Crippen LogP) is 16.0. The molecule has 2 aromatic rings. The van der Waals surface area contributed by atoms with Crippen LogP contribution in [0.3, 0.4) is 0 Å². The van der Waals surface area contributed by atoms with Gasteiger partial charge in [-0.3, -0.25) is 14.1 Å². The highest BCUT2D eigenvalue weighted by atomic mass is 35.6. The van der Waals surface area contributed by atoms with Gasteiger partial charge in [0.05, 0.1) is 6.42 Å². The topological polar surface area (TPSA) is 180 Å². The first-order valence-electron chi connectivity index (χ1n) is 25.4. The zero-order valence-electron chi connectivity index (χ0n) is 42.6. The van der Waals surface area contributed by atoms with Crippen molar-refractivity contribution in [2.45, 2.75) is 205 Å². The molecular weight excluding hydrogens is 1130 g/mol. The molecule has 23 heteroatoms. The van der Waals surface area contributed by atoms with Crippen molar-refractivity contribution in [3.05, 3.63) is 60.7 Å². The second kappa shape index (κ2) is 34.6. The summed E-state index contributed by atoms with van der Waals surface area (Å²) in [5.74, 6) is -1.37. The van der Waals surface area contributed by atoms with Gasteiger partial charge < -0.3 is 42.8 Å². The van der Waals surface area contributed by atoms with Crippen molar-refractivity contribution in [2.24, 2.45) is 0 Å². The fourth-order valence-electron chi connectivity index (χ4n) is 7.57. The zero-order valence-corrected chi connectivity index (χ0v) is 48.8. The maximum atomic E-state index is 15.1. The molecule has 74 heavy (non-hydrogen) atoms. The summed E-state index contributed by atoms with van der Waals surface area (Å²) in [6, 6.07) is 14.1. The quantitative estimate of drug-likeness (QED) is 0.0230. The van der Waals surface area contributed by atoms with Gasteiger partial charge in [0, 0.05) is 6.42 Å². The van der Waals surface area contributed by atoms with Crippen LogP contribution in [0.1, 0.15) is 156 Å². The minimum absolute atomic E-state index is 0.0238. The molecule has 1 aliphatic heterocycles. The Morgan fingerprint density at radius 2 is 1.18 bits per heavy atom. The second-order valence-corrected chi connectivity index (χ2v) is 25.2. The van der Waals surface area contributed by atoms with Crippen LogP contribution in [0, 0.1) is 0 Å². The van der Waals surface area contributed by atoms with E-state index in [-0.39, 0.29) is 17.9 Å². The highest BCUT2D eigenvalue weighted by Crippen LogP contribution is 2.53. The summed E-state index contributed by atoms with van der Waals surface area (Å²) < 4.78 is 63.2. The number of benzene rings is 2. The standard InChI is InChI=1S/C51H73Cl7NO14P/c1-5-7-9-11-13-15-16-18-22-32-39(67-41(60)33-27-19-17-14-12-10-8-6-2)34-42(61)69-45-43(59-47(62)66-36-50(53,54)55)46(52)68-40(35-65-48(63)70-49(3,4)51(56,57)58)44(45)73-74(64,71-37-28-23-20-24-29-37)72-38-30-25-21-26-31-38/h20-21,23-26,28-31,39-40,43-46H,5-19,22,27,32-36H2,1-4H3,(H,59,62)/t39-,40-,43-,44-,45-,46?/m1/s1. The maximum Gasteiger partial charge on any atom is 0.588 e. The van der Waals surface area contributed by atoms with E-state index in [9.17, 15) is 19.2 Å². The van der Waals surface area contributed by atoms with Gasteiger partial charge in [-0.25, -0.2) is 14.2 Å². The largest absolute Gasteiger partial charge is 0.588 e. The third kappa shape index (κ3) is 26.8. The van der Waals surface area contributed by atoms with Crippen molar-refractivity contribution in [3.63, 3.8) is 0 Å². The number of phosphoric ester groups is 1. The van der Waals surface area contributed by atoms with Crippen molar-refractivity contribution in [3.8, 4) is 11.5 Å². The van der Waals surface area contributed by atoms with Crippen molar-refractivity contribution >= 4 is 113 Å². The Bertz CT molecular complexity index is 1940. The Labute approximate surface area is 472 Å². The van der Waals surface area contributed by atoms with Crippen LogP contribution in [0.5, 0.6) is 11.5 Å². The maximum absolute atomic E-state index is 15.1. The highest BCUT2D eigenvalue weighted by Gasteiger charge is 2.54.